The second kappa shape index (κ2) is 3.15. The molecule has 0 spiro atoms. The highest BCUT2D eigenvalue weighted by Gasteiger charge is 2.14. The molecule has 4 nitrogen and oxygen atoms in total. The summed E-state index contributed by atoms with van der Waals surface area (Å²) in [5.41, 5.74) is 8.86. The van der Waals surface area contributed by atoms with Gasteiger partial charge in [-0.05, 0) is 25.0 Å². The summed E-state index contributed by atoms with van der Waals surface area (Å²) >= 11 is 0. The van der Waals surface area contributed by atoms with Crippen molar-refractivity contribution in [2.75, 3.05) is 17.6 Å². The number of nitrogens with zero attached hydrogens (tertiary/aromatic N) is 2. The summed E-state index contributed by atoms with van der Waals surface area (Å²) in [6.07, 6.45) is 2.37. The van der Waals surface area contributed by atoms with Crippen molar-refractivity contribution in [3.63, 3.8) is 0 Å². The van der Waals surface area contributed by atoms with E-state index in [1.165, 1.54) is 12.8 Å². The number of fused-ring (bicyclic) bond motifs is 3. The van der Waals surface area contributed by atoms with Crippen LogP contribution in [0.5, 0.6) is 0 Å². The zero-order valence-corrected chi connectivity index (χ0v) is 8.53. The van der Waals surface area contributed by atoms with Crippen molar-refractivity contribution in [3.05, 3.63) is 18.2 Å². The quantitative estimate of drug-likeness (QED) is 0.641. The first-order valence-corrected chi connectivity index (χ1v) is 5.35. The highest BCUT2D eigenvalue weighted by molar-refractivity contribution is 5.89. The molecule has 3 rings (SSSR count). The Hall–Kier alpha value is -1.71. The van der Waals surface area contributed by atoms with E-state index in [2.05, 4.69) is 14.9 Å². The van der Waals surface area contributed by atoms with Crippen LogP contribution in [0.25, 0.3) is 11.0 Å². The third-order valence-electron chi connectivity index (χ3n) is 2.89. The zero-order valence-electron chi connectivity index (χ0n) is 8.53. The van der Waals surface area contributed by atoms with Crippen molar-refractivity contribution >= 4 is 22.7 Å². The maximum absolute atomic E-state index is 5.99. The maximum Gasteiger partial charge on any atom is 0.203 e. The van der Waals surface area contributed by atoms with E-state index in [1.807, 2.05) is 18.2 Å². The first-order chi connectivity index (χ1) is 7.36. The molecule has 3 N–H and O–H groups in total. The van der Waals surface area contributed by atoms with Crippen molar-refractivity contribution in [1.29, 1.82) is 0 Å². The van der Waals surface area contributed by atoms with Gasteiger partial charge in [0, 0.05) is 13.1 Å². The normalized spacial score (nSPS) is 15.7. The van der Waals surface area contributed by atoms with Crippen LogP contribution in [0.4, 0.5) is 11.6 Å². The number of nitrogens with one attached hydrogen (secondary N) is 1. The molecule has 0 saturated heterocycles. The Labute approximate surface area is 88.1 Å². The van der Waals surface area contributed by atoms with Crippen molar-refractivity contribution in [2.45, 2.75) is 19.4 Å². The summed E-state index contributed by atoms with van der Waals surface area (Å²) in [7, 11) is 0. The van der Waals surface area contributed by atoms with E-state index in [1.54, 1.807) is 0 Å². The van der Waals surface area contributed by atoms with Gasteiger partial charge in [-0.2, -0.15) is 0 Å². The van der Waals surface area contributed by atoms with Gasteiger partial charge in [-0.1, -0.05) is 6.07 Å². The minimum atomic E-state index is 0.815. The number of benzene rings is 1. The number of nitrogens with two attached hydrogens (primary N) is 1. The number of hydrogen-bond donors (Lipinski definition) is 2. The van der Waals surface area contributed by atoms with Crippen LogP contribution in [0, 0.1) is 0 Å². The van der Waals surface area contributed by atoms with E-state index in [4.69, 9.17) is 5.73 Å². The molecule has 0 amide bonds. The van der Waals surface area contributed by atoms with Gasteiger partial charge < -0.3 is 15.6 Å². The molecule has 0 saturated carbocycles. The molecule has 1 aliphatic rings. The molecule has 0 fully saturated rings. The summed E-state index contributed by atoms with van der Waals surface area (Å²) in [6.45, 7) is 2.01. The molecule has 1 aromatic carbocycles. The standard InChI is InChI=1S/C11H14N4/c12-8-4-3-5-9-10(8)15-7-2-1-6-13-11(15)14-9/h3-5H,1-2,6-7,12H2,(H,13,14). The number of aromatic nitrogens is 2. The Balaban J connectivity index is 2.29. The van der Waals surface area contributed by atoms with Gasteiger partial charge in [-0.15, -0.1) is 0 Å². The SMILES string of the molecule is Nc1cccc2nc3n(c12)CCCCN3. The summed E-state index contributed by atoms with van der Waals surface area (Å²) in [5, 5.41) is 3.34. The third kappa shape index (κ3) is 1.25. The van der Waals surface area contributed by atoms with Crippen LogP contribution in [-0.4, -0.2) is 16.1 Å². The lowest BCUT2D eigenvalue weighted by molar-refractivity contribution is 0.670. The van der Waals surface area contributed by atoms with Gasteiger partial charge in [0.1, 0.15) is 0 Å². The second-order valence-electron chi connectivity index (χ2n) is 3.94. The van der Waals surface area contributed by atoms with Crippen molar-refractivity contribution in [3.8, 4) is 0 Å². The molecule has 0 aliphatic carbocycles. The fourth-order valence-electron chi connectivity index (χ4n) is 2.16. The van der Waals surface area contributed by atoms with Gasteiger partial charge in [-0.3, -0.25) is 0 Å². The van der Waals surface area contributed by atoms with Gasteiger partial charge in [-0.25, -0.2) is 4.98 Å². The van der Waals surface area contributed by atoms with Gasteiger partial charge in [0.25, 0.3) is 0 Å². The molecule has 1 aliphatic heterocycles. The Bertz CT molecular complexity index is 501. The topological polar surface area (TPSA) is 55.9 Å². The molecule has 1 aromatic heterocycles. The zero-order chi connectivity index (χ0) is 10.3. The van der Waals surface area contributed by atoms with Gasteiger partial charge in [0.05, 0.1) is 16.7 Å². The van der Waals surface area contributed by atoms with Crippen molar-refractivity contribution in [1.82, 2.24) is 9.55 Å². The highest BCUT2D eigenvalue weighted by Crippen LogP contribution is 2.26. The predicted molar refractivity (Wildman–Crippen MR) is 61.9 cm³/mol. The maximum atomic E-state index is 5.99. The monoisotopic (exact) mass is 202 g/mol. The Kier molecular flexibility index (Phi) is 1.80. The van der Waals surface area contributed by atoms with Gasteiger partial charge in [0.15, 0.2) is 0 Å². The van der Waals surface area contributed by atoms with E-state index in [0.29, 0.717) is 0 Å². The second-order valence-corrected chi connectivity index (χ2v) is 3.94. The Morgan fingerprint density at radius 1 is 1.33 bits per heavy atom. The summed E-state index contributed by atoms with van der Waals surface area (Å²) < 4.78 is 2.19. The van der Waals surface area contributed by atoms with E-state index in [0.717, 1.165) is 35.8 Å². The number of imidazole rings is 1. The molecule has 15 heavy (non-hydrogen) atoms. The van der Waals surface area contributed by atoms with E-state index in [9.17, 15) is 0 Å². The number of anilines is 2. The smallest absolute Gasteiger partial charge is 0.203 e. The minimum Gasteiger partial charge on any atom is -0.397 e. The first-order valence-electron chi connectivity index (χ1n) is 5.35. The fourth-order valence-corrected chi connectivity index (χ4v) is 2.16. The number of para-hydroxylation sites is 1. The van der Waals surface area contributed by atoms with Crippen LogP contribution >= 0.6 is 0 Å². The fraction of sp³-hybridized carbons (Fsp3) is 0.364. The summed E-state index contributed by atoms with van der Waals surface area (Å²) in [4.78, 5) is 4.55. The van der Waals surface area contributed by atoms with Gasteiger partial charge in [0.2, 0.25) is 5.95 Å². The number of rotatable bonds is 0. The van der Waals surface area contributed by atoms with E-state index >= 15 is 0 Å². The average Bonchev–Trinajstić information content (AvgIpc) is 2.43. The molecule has 0 atom stereocenters. The van der Waals surface area contributed by atoms with Crippen LogP contribution < -0.4 is 11.1 Å². The largest absolute Gasteiger partial charge is 0.397 e. The first kappa shape index (κ1) is 8.59. The van der Waals surface area contributed by atoms with E-state index in [-0.39, 0.29) is 0 Å². The number of aryl methyl sites for hydroxylation is 1. The number of nitrogen functional groups attached to an aromatic ring is 1. The molecule has 0 unspecified atom stereocenters. The predicted octanol–water partition coefficient (Wildman–Crippen LogP) is 1.82. The molecule has 0 bridgehead atoms. The lowest BCUT2D eigenvalue weighted by Gasteiger charge is -2.05. The lowest BCUT2D eigenvalue weighted by Crippen LogP contribution is -2.03. The van der Waals surface area contributed by atoms with Crippen LogP contribution in [0.3, 0.4) is 0 Å². The number of hydrogen-bond acceptors (Lipinski definition) is 3. The van der Waals surface area contributed by atoms with Crippen LogP contribution in [0.2, 0.25) is 0 Å². The molecular weight excluding hydrogens is 188 g/mol. The summed E-state index contributed by atoms with van der Waals surface area (Å²) in [6, 6.07) is 5.89. The molecule has 4 heteroatoms. The average molecular weight is 202 g/mol. The van der Waals surface area contributed by atoms with Gasteiger partial charge >= 0.3 is 0 Å². The molecule has 2 aromatic rings. The molecular formula is C11H14N4. The van der Waals surface area contributed by atoms with Crippen LogP contribution in [0.1, 0.15) is 12.8 Å². The Morgan fingerprint density at radius 3 is 3.20 bits per heavy atom. The molecule has 78 valence electrons. The molecule has 0 radical (unpaired) electrons. The lowest BCUT2D eigenvalue weighted by atomic mass is 10.2. The van der Waals surface area contributed by atoms with Crippen LogP contribution in [0.15, 0.2) is 18.2 Å². The van der Waals surface area contributed by atoms with Crippen molar-refractivity contribution < 1.29 is 0 Å². The van der Waals surface area contributed by atoms with Crippen LogP contribution in [-0.2, 0) is 6.54 Å². The summed E-state index contributed by atoms with van der Waals surface area (Å²) in [5.74, 6) is 0.959. The third-order valence-corrected chi connectivity index (χ3v) is 2.89. The van der Waals surface area contributed by atoms with Crippen molar-refractivity contribution in [2.24, 2.45) is 0 Å². The highest BCUT2D eigenvalue weighted by atomic mass is 15.2. The minimum absolute atomic E-state index is 0.815. The van der Waals surface area contributed by atoms with E-state index < -0.39 is 0 Å². The molecule has 2 heterocycles. The Morgan fingerprint density at radius 2 is 2.27 bits per heavy atom.